The van der Waals surface area contributed by atoms with E-state index < -0.39 is 34.9 Å². The molecule has 0 aromatic rings. The standard InChI is InChI=1S/C10H14F3N3O4/c11-10(12,13)8(18)15-16(3-4-20-9(16)19)6-1-2-14-5-7(6)17/h6-7,14,17H,1-5H2/p+1/t6-,7-,16?/m0/s1. The van der Waals surface area contributed by atoms with Crippen LogP contribution in [-0.2, 0) is 9.53 Å². The van der Waals surface area contributed by atoms with Crippen molar-refractivity contribution in [2.75, 3.05) is 26.2 Å². The molecule has 2 fully saturated rings. The van der Waals surface area contributed by atoms with E-state index in [1.165, 1.54) is 0 Å². The van der Waals surface area contributed by atoms with E-state index in [4.69, 9.17) is 4.74 Å². The highest BCUT2D eigenvalue weighted by Gasteiger charge is 2.58. The zero-order valence-corrected chi connectivity index (χ0v) is 10.4. The number of halogens is 3. The van der Waals surface area contributed by atoms with Crippen molar-refractivity contribution in [3.8, 4) is 0 Å². The molecule has 3 N–H and O–H groups in total. The maximum absolute atomic E-state index is 12.4. The molecule has 114 valence electrons. The number of carbonyl (C=O) groups is 2. The summed E-state index contributed by atoms with van der Waals surface area (Å²) in [6, 6.07) is -0.863. The molecule has 1 unspecified atom stereocenters. The van der Waals surface area contributed by atoms with E-state index in [1.807, 2.05) is 0 Å². The van der Waals surface area contributed by atoms with E-state index in [2.05, 4.69) is 5.32 Å². The quantitative estimate of drug-likeness (QED) is 0.585. The number of piperidine rings is 1. The molecule has 3 atom stereocenters. The fourth-order valence-electron chi connectivity index (χ4n) is 2.56. The number of alkyl halides is 3. The molecule has 2 aliphatic heterocycles. The summed E-state index contributed by atoms with van der Waals surface area (Å²) >= 11 is 0. The Morgan fingerprint density at radius 1 is 1.50 bits per heavy atom. The number of β-amino-alcohol motifs (C(OH)–C–C–N with tert-alkyl or cyclic N) is 1. The number of cyclic esters (lactones) is 1. The van der Waals surface area contributed by atoms with Crippen molar-refractivity contribution in [1.29, 1.82) is 0 Å². The van der Waals surface area contributed by atoms with E-state index in [0.29, 0.717) is 6.54 Å². The van der Waals surface area contributed by atoms with Gasteiger partial charge in [0.05, 0.1) is 0 Å². The molecule has 0 spiro atoms. The molecule has 0 saturated carbocycles. The molecule has 2 rings (SSSR count). The molecule has 0 bridgehead atoms. The van der Waals surface area contributed by atoms with Crippen LogP contribution in [0.2, 0.25) is 0 Å². The van der Waals surface area contributed by atoms with E-state index in [1.54, 1.807) is 5.43 Å². The fraction of sp³-hybridized carbons (Fsp3) is 0.800. The number of rotatable bonds is 2. The van der Waals surface area contributed by atoms with Gasteiger partial charge in [0.2, 0.25) is 0 Å². The first-order valence-electron chi connectivity index (χ1n) is 6.10. The molecule has 2 aliphatic rings. The summed E-state index contributed by atoms with van der Waals surface area (Å²) in [6.07, 6.45) is -6.89. The van der Waals surface area contributed by atoms with Gasteiger partial charge >= 0.3 is 18.2 Å². The van der Waals surface area contributed by atoms with Crippen LogP contribution in [0.1, 0.15) is 6.42 Å². The lowest BCUT2D eigenvalue weighted by molar-refractivity contribution is -0.908. The molecule has 20 heavy (non-hydrogen) atoms. The zero-order chi connectivity index (χ0) is 15.0. The number of amides is 2. The lowest BCUT2D eigenvalue weighted by Crippen LogP contribution is -2.72. The predicted octanol–water partition coefficient (Wildman–Crippen LogP) is -0.730. The average molecular weight is 298 g/mol. The Morgan fingerprint density at radius 2 is 2.20 bits per heavy atom. The summed E-state index contributed by atoms with van der Waals surface area (Å²) in [5.74, 6) is -2.22. The maximum atomic E-state index is 12.4. The van der Waals surface area contributed by atoms with Crippen LogP contribution in [-0.4, -0.2) is 66.3 Å². The first kappa shape index (κ1) is 15.0. The number of carbonyl (C=O) groups excluding carboxylic acids is 2. The van der Waals surface area contributed by atoms with Crippen LogP contribution in [0.15, 0.2) is 0 Å². The van der Waals surface area contributed by atoms with Crippen LogP contribution >= 0.6 is 0 Å². The second kappa shape index (κ2) is 5.19. The van der Waals surface area contributed by atoms with Gasteiger partial charge in [0, 0.05) is 19.5 Å². The Hall–Kier alpha value is -1.39. The molecule has 2 heterocycles. The summed E-state index contributed by atoms with van der Waals surface area (Å²) in [5, 5.41) is 12.8. The summed E-state index contributed by atoms with van der Waals surface area (Å²) in [4.78, 5) is 23.0. The van der Waals surface area contributed by atoms with Gasteiger partial charge in [-0.25, -0.2) is 0 Å². The molecule has 7 nitrogen and oxygen atoms in total. The second-order valence-corrected chi connectivity index (χ2v) is 4.77. The number of nitrogens with zero attached hydrogens (tertiary/aromatic N) is 1. The van der Waals surface area contributed by atoms with E-state index in [0.717, 1.165) is 0 Å². The van der Waals surface area contributed by atoms with Gasteiger partial charge in [0.25, 0.3) is 0 Å². The van der Waals surface area contributed by atoms with E-state index in [9.17, 15) is 27.9 Å². The van der Waals surface area contributed by atoms with Crippen molar-refractivity contribution in [2.45, 2.75) is 24.7 Å². The van der Waals surface area contributed by atoms with Crippen molar-refractivity contribution in [3.05, 3.63) is 0 Å². The molecule has 0 radical (unpaired) electrons. The van der Waals surface area contributed by atoms with Gasteiger partial charge < -0.3 is 15.2 Å². The first-order chi connectivity index (χ1) is 9.27. The molecular weight excluding hydrogens is 283 g/mol. The topological polar surface area (TPSA) is 87.7 Å². The number of aliphatic hydroxyl groups excluding tert-OH is 1. The molecule has 2 amide bonds. The lowest BCUT2D eigenvalue weighted by Gasteiger charge is -2.39. The second-order valence-electron chi connectivity index (χ2n) is 4.77. The van der Waals surface area contributed by atoms with Crippen LogP contribution in [0.3, 0.4) is 0 Å². The molecule has 2 saturated heterocycles. The summed E-state index contributed by atoms with van der Waals surface area (Å²) in [6.45, 7) is 0.326. The minimum absolute atomic E-state index is 0.104. The zero-order valence-electron chi connectivity index (χ0n) is 10.4. The predicted molar refractivity (Wildman–Crippen MR) is 58.0 cm³/mol. The smallest absolute Gasteiger partial charge is 0.412 e. The van der Waals surface area contributed by atoms with Gasteiger partial charge in [0.1, 0.15) is 19.3 Å². The highest BCUT2D eigenvalue weighted by atomic mass is 19.4. The van der Waals surface area contributed by atoms with Crippen LogP contribution < -0.4 is 10.7 Å². The first-order valence-corrected chi connectivity index (χ1v) is 6.10. The van der Waals surface area contributed by atoms with E-state index >= 15 is 0 Å². The van der Waals surface area contributed by atoms with Crippen molar-refractivity contribution < 1.29 is 37.2 Å². The van der Waals surface area contributed by atoms with Gasteiger partial charge in [-0.05, 0) is 0 Å². The third-order valence-electron chi connectivity index (χ3n) is 3.53. The van der Waals surface area contributed by atoms with Crippen molar-refractivity contribution in [2.24, 2.45) is 0 Å². The third-order valence-corrected chi connectivity index (χ3v) is 3.53. The highest BCUT2D eigenvalue weighted by Crippen LogP contribution is 2.27. The Balaban J connectivity index is 2.27. The normalized spacial score (nSPS) is 34.7. The number of quaternary nitrogens is 1. The van der Waals surface area contributed by atoms with Gasteiger partial charge in [-0.1, -0.05) is 0 Å². The van der Waals surface area contributed by atoms with Gasteiger partial charge in [-0.2, -0.15) is 23.4 Å². The van der Waals surface area contributed by atoms with E-state index in [-0.39, 0.29) is 26.1 Å². The lowest BCUT2D eigenvalue weighted by atomic mass is 10.0. The van der Waals surface area contributed by atoms with Gasteiger partial charge in [0.15, 0.2) is 6.04 Å². The fourth-order valence-corrected chi connectivity index (χ4v) is 2.56. The average Bonchev–Trinajstić information content (AvgIpc) is 2.71. The molecular formula is C10H15F3N3O4+. The number of ether oxygens (including phenoxy) is 1. The minimum atomic E-state index is -5.11. The maximum Gasteiger partial charge on any atom is 0.542 e. The monoisotopic (exact) mass is 298 g/mol. The summed E-state index contributed by atoms with van der Waals surface area (Å²) in [5.41, 5.74) is 1.69. The number of nitrogens with one attached hydrogen (secondary N) is 2. The molecule has 0 aliphatic carbocycles. The van der Waals surface area contributed by atoms with Crippen molar-refractivity contribution in [3.63, 3.8) is 0 Å². The number of aliphatic hydroxyl groups is 1. The van der Waals surface area contributed by atoms with Crippen LogP contribution in [0, 0.1) is 0 Å². The van der Waals surface area contributed by atoms with Crippen molar-refractivity contribution in [1.82, 2.24) is 10.7 Å². The van der Waals surface area contributed by atoms with Crippen LogP contribution in [0.5, 0.6) is 0 Å². The minimum Gasteiger partial charge on any atom is -0.412 e. The molecule has 0 aromatic heterocycles. The Labute approximate surface area is 112 Å². The van der Waals surface area contributed by atoms with Crippen LogP contribution in [0.25, 0.3) is 0 Å². The summed E-state index contributed by atoms with van der Waals surface area (Å²) < 4.78 is 40.9. The van der Waals surface area contributed by atoms with Gasteiger partial charge in [-0.15, -0.1) is 4.59 Å². The summed E-state index contributed by atoms with van der Waals surface area (Å²) in [7, 11) is 0. The van der Waals surface area contributed by atoms with Gasteiger partial charge in [-0.3, -0.25) is 4.79 Å². The number of hydrogen-bond donors (Lipinski definition) is 3. The van der Waals surface area contributed by atoms with Crippen molar-refractivity contribution >= 4 is 12.0 Å². The third kappa shape index (κ3) is 2.58. The Morgan fingerprint density at radius 3 is 2.70 bits per heavy atom. The molecule has 10 heteroatoms. The Kier molecular flexibility index (Phi) is 3.89. The van der Waals surface area contributed by atoms with Crippen LogP contribution in [0.4, 0.5) is 18.0 Å². The highest BCUT2D eigenvalue weighted by molar-refractivity contribution is 5.81. The largest absolute Gasteiger partial charge is 0.542 e. The SMILES string of the molecule is O=C(N[N+]1([C@H]2CCNC[C@@H]2O)CCOC1=O)C(F)(F)F. The Bertz CT molecular complexity index is 417. The number of hydrogen-bond acceptors (Lipinski definition) is 5. The molecule has 0 aromatic carbocycles.